The van der Waals surface area contributed by atoms with Gasteiger partial charge in [0.15, 0.2) is 0 Å². The van der Waals surface area contributed by atoms with Gasteiger partial charge < -0.3 is 5.73 Å². The standard InChI is InChI=1S/C12H18BrN5/c1-7-10(5-14)9(3)18(16-7)6-11-12(13)8(2)15-17(11)4/h5-6,14H2,1-4H3. The van der Waals surface area contributed by atoms with Gasteiger partial charge in [-0.25, -0.2) is 0 Å². The van der Waals surface area contributed by atoms with Gasteiger partial charge in [0.1, 0.15) is 0 Å². The van der Waals surface area contributed by atoms with Crippen molar-refractivity contribution in [1.82, 2.24) is 19.6 Å². The zero-order chi connectivity index (χ0) is 13.4. The molecule has 0 aliphatic heterocycles. The summed E-state index contributed by atoms with van der Waals surface area (Å²) in [6, 6.07) is 0. The van der Waals surface area contributed by atoms with E-state index in [9.17, 15) is 0 Å². The van der Waals surface area contributed by atoms with Crippen molar-refractivity contribution in [2.45, 2.75) is 33.9 Å². The van der Waals surface area contributed by atoms with Gasteiger partial charge in [0, 0.05) is 24.8 Å². The summed E-state index contributed by atoms with van der Waals surface area (Å²) in [6.07, 6.45) is 0. The Morgan fingerprint density at radius 1 is 1.17 bits per heavy atom. The summed E-state index contributed by atoms with van der Waals surface area (Å²) < 4.78 is 4.92. The monoisotopic (exact) mass is 311 g/mol. The number of hydrogen-bond donors (Lipinski definition) is 1. The van der Waals surface area contributed by atoms with E-state index in [1.165, 1.54) is 0 Å². The van der Waals surface area contributed by atoms with Crippen molar-refractivity contribution in [3.63, 3.8) is 0 Å². The Labute approximate surface area is 115 Å². The molecule has 0 aliphatic rings. The van der Waals surface area contributed by atoms with Crippen LogP contribution >= 0.6 is 15.9 Å². The highest BCUT2D eigenvalue weighted by molar-refractivity contribution is 9.10. The van der Waals surface area contributed by atoms with Crippen molar-refractivity contribution in [2.24, 2.45) is 12.8 Å². The van der Waals surface area contributed by atoms with E-state index in [1.54, 1.807) is 0 Å². The fourth-order valence-electron chi connectivity index (χ4n) is 2.18. The zero-order valence-electron chi connectivity index (χ0n) is 11.2. The minimum atomic E-state index is 0.531. The molecule has 5 nitrogen and oxygen atoms in total. The lowest BCUT2D eigenvalue weighted by atomic mass is 10.2. The number of aryl methyl sites for hydroxylation is 3. The number of nitrogens with zero attached hydrogens (tertiary/aromatic N) is 4. The number of halogens is 1. The average Bonchev–Trinajstić information content (AvgIpc) is 2.71. The highest BCUT2D eigenvalue weighted by Gasteiger charge is 2.15. The molecular formula is C12H18BrN5. The lowest BCUT2D eigenvalue weighted by Crippen LogP contribution is -2.09. The molecule has 0 aliphatic carbocycles. The summed E-state index contributed by atoms with van der Waals surface area (Å²) in [5.74, 6) is 0. The molecular weight excluding hydrogens is 294 g/mol. The molecule has 0 saturated carbocycles. The van der Waals surface area contributed by atoms with Crippen LogP contribution in [0.2, 0.25) is 0 Å². The molecule has 0 aromatic carbocycles. The summed E-state index contributed by atoms with van der Waals surface area (Å²) in [6.45, 7) is 7.27. The van der Waals surface area contributed by atoms with Crippen LogP contribution in [-0.4, -0.2) is 19.6 Å². The largest absolute Gasteiger partial charge is 0.326 e. The summed E-state index contributed by atoms with van der Waals surface area (Å²) >= 11 is 3.58. The van der Waals surface area contributed by atoms with E-state index in [2.05, 4.69) is 33.1 Å². The Kier molecular flexibility index (Phi) is 3.59. The molecule has 18 heavy (non-hydrogen) atoms. The van der Waals surface area contributed by atoms with Crippen LogP contribution in [0.25, 0.3) is 0 Å². The lowest BCUT2D eigenvalue weighted by Gasteiger charge is -2.06. The van der Waals surface area contributed by atoms with Crippen LogP contribution in [0.3, 0.4) is 0 Å². The minimum absolute atomic E-state index is 0.531. The highest BCUT2D eigenvalue weighted by atomic mass is 79.9. The second-order valence-electron chi connectivity index (χ2n) is 4.48. The van der Waals surface area contributed by atoms with Crippen molar-refractivity contribution < 1.29 is 0 Å². The second-order valence-corrected chi connectivity index (χ2v) is 5.27. The van der Waals surface area contributed by atoms with Crippen molar-refractivity contribution in [3.8, 4) is 0 Å². The fraction of sp³-hybridized carbons (Fsp3) is 0.500. The van der Waals surface area contributed by atoms with E-state index in [-0.39, 0.29) is 0 Å². The molecule has 2 N–H and O–H groups in total. The van der Waals surface area contributed by atoms with Crippen LogP contribution in [0.1, 0.15) is 28.3 Å². The minimum Gasteiger partial charge on any atom is -0.326 e. The van der Waals surface area contributed by atoms with Crippen molar-refractivity contribution in [3.05, 3.63) is 32.8 Å². The van der Waals surface area contributed by atoms with Gasteiger partial charge in [-0.2, -0.15) is 10.2 Å². The second kappa shape index (κ2) is 4.85. The Hall–Kier alpha value is -1.14. The number of rotatable bonds is 3. The van der Waals surface area contributed by atoms with Gasteiger partial charge in [0.05, 0.1) is 28.1 Å². The number of hydrogen-bond acceptors (Lipinski definition) is 3. The maximum atomic E-state index is 5.74. The summed E-state index contributed by atoms with van der Waals surface area (Å²) in [5, 5.41) is 8.93. The molecule has 0 saturated heterocycles. The zero-order valence-corrected chi connectivity index (χ0v) is 12.7. The molecule has 0 atom stereocenters. The quantitative estimate of drug-likeness (QED) is 0.940. The molecule has 2 aromatic rings. The predicted molar refractivity (Wildman–Crippen MR) is 74.3 cm³/mol. The Morgan fingerprint density at radius 3 is 2.28 bits per heavy atom. The summed E-state index contributed by atoms with van der Waals surface area (Å²) in [5.41, 5.74) is 11.1. The van der Waals surface area contributed by atoms with Gasteiger partial charge >= 0.3 is 0 Å². The third-order valence-electron chi connectivity index (χ3n) is 3.30. The van der Waals surface area contributed by atoms with Crippen molar-refractivity contribution in [1.29, 1.82) is 0 Å². The van der Waals surface area contributed by atoms with Crippen LogP contribution in [0, 0.1) is 20.8 Å². The topological polar surface area (TPSA) is 61.7 Å². The van der Waals surface area contributed by atoms with Crippen LogP contribution in [-0.2, 0) is 20.1 Å². The Balaban J connectivity index is 2.40. The highest BCUT2D eigenvalue weighted by Crippen LogP contribution is 2.22. The number of nitrogens with two attached hydrogens (primary N) is 1. The van der Waals surface area contributed by atoms with Crippen LogP contribution < -0.4 is 5.73 Å². The van der Waals surface area contributed by atoms with Gasteiger partial charge in [0.25, 0.3) is 0 Å². The molecule has 0 amide bonds. The van der Waals surface area contributed by atoms with Crippen LogP contribution in [0.5, 0.6) is 0 Å². The maximum Gasteiger partial charge on any atom is 0.0842 e. The van der Waals surface area contributed by atoms with Gasteiger partial charge in [-0.1, -0.05) is 0 Å². The molecule has 98 valence electrons. The summed E-state index contributed by atoms with van der Waals surface area (Å²) in [7, 11) is 1.95. The molecule has 2 rings (SSSR count). The van der Waals surface area contributed by atoms with E-state index in [1.807, 2.05) is 30.3 Å². The van der Waals surface area contributed by atoms with Gasteiger partial charge in [-0.3, -0.25) is 9.36 Å². The van der Waals surface area contributed by atoms with E-state index >= 15 is 0 Å². The SMILES string of the molecule is Cc1nn(C)c(Cn2nc(C)c(CN)c2C)c1Br. The van der Waals surface area contributed by atoms with Crippen molar-refractivity contribution in [2.75, 3.05) is 0 Å². The number of aromatic nitrogens is 4. The Bertz CT molecular complexity index is 582. The molecule has 2 heterocycles. The van der Waals surface area contributed by atoms with Gasteiger partial charge in [-0.15, -0.1) is 0 Å². The molecule has 0 radical (unpaired) electrons. The molecule has 6 heteroatoms. The van der Waals surface area contributed by atoms with E-state index in [4.69, 9.17) is 5.73 Å². The maximum absolute atomic E-state index is 5.74. The van der Waals surface area contributed by atoms with E-state index in [0.29, 0.717) is 13.1 Å². The molecule has 2 aromatic heterocycles. The molecule has 0 unspecified atom stereocenters. The average molecular weight is 312 g/mol. The van der Waals surface area contributed by atoms with Crippen molar-refractivity contribution >= 4 is 15.9 Å². The first-order valence-corrected chi connectivity index (χ1v) is 6.66. The molecule has 0 fully saturated rings. The normalized spacial score (nSPS) is 11.2. The molecule has 0 bridgehead atoms. The summed E-state index contributed by atoms with van der Waals surface area (Å²) in [4.78, 5) is 0. The third-order valence-corrected chi connectivity index (χ3v) is 4.33. The molecule has 0 spiro atoms. The first-order valence-electron chi connectivity index (χ1n) is 5.86. The van der Waals surface area contributed by atoms with E-state index in [0.717, 1.165) is 32.8 Å². The van der Waals surface area contributed by atoms with Crippen LogP contribution in [0.4, 0.5) is 0 Å². The fourth-order valence-corrected chi connectivity index (χ4v) is 2.64. The smallest absolute Gasteiger partial charge is 0.0842 e. The van der Waals surface area contributed by atoms with Gasteiger partial charge in [0.2, 0.25) is 0 Å². The Morgan fingerprint density at radius 2 is 1.83 bits per heavy atom. The third kappa shape index (κ3) is 2.10. The first kappa shape index (κ1) is 13.3. The van der Waals surface area contributed by atoms with Gasteiger partial charge in [-0.05, 0) is 36.7 Å². The first-order chi connectivity index (χ1) is 8.45. The predicted octanol–water partition coefficient (Wildman–Crippen LogP) is 1.81. The van der Waals surface area contributed by atoms with Crippen LogP contribution in [0.15, 0.2) is 4.47 Å². The van der Waals surface area contributed by atoms with E-state index < -0.39 is 0 Å². The lowest BCUT2D eigenvalue weighted by molar-refractivity contribution is 0.601.